The monoisotopic (exact) mass is 595 g/mol. The van der Waals surface area contributed by atoms with E-state index in [0.29, 0.717) is 12.2 Å². The van der Waals surface area contributed by atoms with E-state index < -0.39 is 0 Å². The van der Waals surface area contributed by atoms with Crippen molar-refractivity contribution in [3.8, 4) is 11.5 Å². The number of nitrogens with one attached hydrogen (secondary N) is 1. The molecular formula is C37H57NO5. The van der Waals surface area contributed by atoms with Crippen molar-refractivity contribution in [3.63, 3.8) is 0 Å². The highest BCUT2D eigenvalue weighted by molar-refractivity contribution is 5.80. The molecule has 0 aliphatic rings. The van der Waals surface area contributed by atoms with E-state index in [9.17, 15) is 14.7 Å². The minimum absolute atomic E-state index is 0.0356. The Kier molecular flexibility index (Phi) is 22.0. The molecule has 0 aromatic heterocycles. The average molecular weight is 596 g/mol. The first-order chi connectivity index (χ1) is 20.4. The molecule has 0 unspecified atom stereocenters. The van der Waals surface area contributed by atoms with Crippen LogP contribution in [0.25, 0.3) is 0 Å². The molecule has 1 amide bonds. The molecule has 43 heavy (non-hydrogen) atoms. The summed E-state index contributed by atoms with van der Waals surface area (Å²) in [4.78, 5) is 23.7. The number of hydrogen-bond donors (Lipinski definition) is 2. The van der Waals surface area contributed by atoms with Crippen LogP contribution in [0.15, 0.2) is 76.9 Å². The summed E-state index contributed by atoms with van der Waals surface area (Å²) in [6, 6.07) is 4.81. The summed E-state index contributed by atoms with van der Waals surface area (Å²) < 4.78 is 10.1. The van der Waals surface area contributed by atoms with Crippen molar-refractivity contribution in [3.05, 3.63) is 82.5 Å². The van der Waals surface area contributed by atoms with Crippen LogP contribution in [0, 0.1) is 0 Å². The Morgan fingerprint density at radius 3 is 2.00 bits per heavy atom. The van der Waals surface area contributed by atoms with E-state index in [2.05, 4.69) is 77.7 Å². The van der Waals surface area contributed by atoms with E-state index >= 15 is 0 Å². The van der Waals surface area contributed by atoms with Crippen molar-refractivity contribution in [1.82, 2.24) is 5.32 Å². The molecule has 0 fully saturated rings. The van der Waals surface area contributed by atoms with E-state index in [1.54, 1.807) is 12.1 Å². The number of allylic oxidation sites excluding steroid dienone is 9. The molecule has 0 saturated heterocycles. The maximum atomic E-state index is 11.9. The molecule has 0 spiro atoms. The Hall–Kier alpha value is -3.54. The number of carbonyl (C=O) groups is 2. The summed E-state index contributed by atoms with van der Waals surface area (Å²) in [5.74, 6) is -0.395. The average Bonchev–Trinajstić information content (AvgIpc) is 2.94. The third kappa shape index (κ3) is 22.7. The molecule has 0 atom stereocenters. The summed E-state index contributed by atoms with van der Waals surface area (Å²) in [5.41, 5.74) is 7.50. The standard InChI is InChI=1S/C23H33NO5.C14H24/c1-5-7-17(2)8-6-9-18(3)10-13-23(27)29-16-22(26)24-15-19-11-12-20(25)21(14-19)28-4;1-12(2)8-6-10-14(5)11-7-9-13(3)4/h7,9,11-12,14,25H,5-6,8,10,13,15-16H2,1-4H3,(H,24,26);9-10H,1,6-8,11H2,2-5H3/b17-7+,18-9+;14-10-. The molecule has 0 aliphatic heterocycles. The first-order valence-electron chi connectivity index (χ1n) is 15.4. The van der Waals surface area contributed by atoms with Crippen molar-refractivity contribution in [2.45, 2.75) is 113 Å². The molecule has 0 aliphatic carbocycles. The Morgan fingerprint density at radius 2 is 1.42 bits per heavy atom. The van der Waals surface area contributed by atoms with Gasteiger partial charge in [-0.05, 0) is 111 Å². The van der Waals surface area contributed by atoms with Crippen molar-refractivity contribution < 1.29 is 24.2 Å². The molecule has 2 N–H and O–H groups in total. The Balaban J connectivity index is 0.00000106. The molecule has 1 aromatic rings. The molecule has 1 rings (SSSR count). The van der Waals surface area contributed by atoms with Crippen LogP contribution in [0.5, 0.6) is 11.5 Å². The number of hydrogen-bond acceptors (Lipinski definition) is 5. The maximum absolute atomic E-state index is 11.9. The number of methoxy groups -OCH3 is 1. The Bertz CT molecular complexity index is 1120. The minimum Gasteiger partial charge on any atom is -0.504 e. The van der Waals surface area contributed by atoms with Gasteiger partial charge in [0.15, 0.2) is 18.1 Å². The second kappa shape index (κ2) is 24.0. The Morgan fingerprint density at radius 1 is 0.837 bits per heavy atom. The second-order valence-electron chi connectivity index (χ2n) is 11.4. The van der Waals surface area contributed by atoms with E-state index in [4.69, 9.17) is 9.47 Å². The van der Waals surface area contributed by atoms with E-state index in [1.165, 1.54) is 48.3 Å². The first-order valence-corrected chi connectivity index (χ1v) is 15.4. The molecule has 0 heterocycles. The van der Waals surface area contributed by atoms with Gasteiger partial charge in [0.25, 0.3) is 5.91 Å². The molecular weight excluding hydrogens is 538 g/mol. The van der Waals surface area contributed by atoms with Gasteiger partial charge in [-0.2, -0.15) is 0 Å². The maximum Gasteiger partial charge on any atom is 0.306 e. The normalized spacial score (nSPS) is 11.7. The lowest BCUT2D eigenvalue weighted by atomic mass is 10.1. The highest BCUT2D eigenvalue weighted by atomic mass is 16.5. The summed E-state index contributed by atoms with van der Waals surface area (Å²) in [7, 11) is 1.46. The molecule has 6 heteroatoms. The molecule has 0 radical (unpaired) electrons. The number of phenolic OH excluding ortho intramolecular Hbond substituents is 1. The van der Waals surface area contributed by atoms with Gasteiger partial charge < -0.3 is 19.9 Å². The van der Waals surface area contributed by atoms with Gasteiger partial charge in [0.1, 0.15) is 0 Å². The van der Waals surface area contributed by atoms with Crippen molar-refractivity contribution >= 4 is 11.9 Å². The van der Waals surface area contributed by atoms with Crippen molar-refractivity contribution in [2.24, 2.45) is 0 Å². The number of rotatable bonds is 18. The van der Waals surface area contributed by atoms with E-state index in [0.717, 1.165) is 43.2 Å². The zero-order valence-electron chi connectivity index (χ0n) is 28.1. The largest absolute Gasteiger partial charge is 0.504 e. The van der Waals surface area contributed by atoms with Crippen LogP contribution in [0.4, 0.5) is 0 Å². The van der Waals surface area contributed by atoms with Crippen molar-refractivity contribution in [2.75, 3.05) is 13.7 Å². The summed E-state index contributed by atoms with van der Waals surface area (Å²) in [5, 5.41) is 12.2. The van der Waals surface area contributed by atoms with Gasteiger partial charge in [-0.1, -0.05) is 65.2 Å². The van der Waals surface area contributed by atoms with Crippen LogP contribution in [0.2, 0.25) is 0 Å². The third-order valence-electron chi connectivity index (χ3n) is 6.56. The fourth-order valence-electron chi connectivity index (χ4n) is 3.96. The van der Waals surface area contributed by atoms with Crippen LogP contribution in [-0.2, 0) is 20.9 Å². The number of amides is 1. The zero-order valence-corrected chi connectivity index (χ0v) is 28.1. The topological polar surface area (TPSA) is 84.9 Å². The summed E-state index contributed by atoms with van der Waals surface area (Å²) in [6.45, 7) is 18.7. The smallest absolute Gasteiger partial charge is 0.306 e. The number of carbonyl (C=O) groups excluding carboxylic acids is 2. The quantitative estimate of drug-likeness (QED) is 0.130. The Labute approximate surface area is 261 Å². The third-order valence-corrected chi connectivity index (χ3v) is 6.56. The number of ether oxygens (including phenoxy) is 2. The number of benzene rings is 1. The first kappa shape index (κ1) is 39.5. The van der Waals surface area contributed by atoms with Gasteiger partial charge >= 0.3 is 5.97 Å². The van der Waals surface area contributed by atoms with Gasteiger partial charge in [0.05, 0.1) is 7.11 Å². The van der Waals surface area contributed by atoms with Crippen LogP contribution >= 0.6 is 0 Å². The van der Waals surface area contributed by atoms with Gasteiger partial charge in [0.2, 0.25) is 0 Å². The van der Waals surface area contributed by atoms with E-state index in [1.807, 2.05) is 6.92 Å². The molecule has 1 aromatic carbocycles. The zero-order chi connectivity index (χ0) is 32.6. The molecule has 240 valence electrons. The lowest BCUT2D eigenvalue weighted by Crippen LogP contribution is -2.28. The van der Waals surface area contributed by atoms with Crippen LogP contribution in [0.3, 0.4) is 0 Å². The lowest BCUT2D eigenvalue weighted by Gasteiger charge is -2.09. The predicted octanol–water partition coefficient (Wildman–Crippen LogP) is 9.46. The number of esters is 1. The summed E-state index contributed by atoms with van der Waals surface area (Å²) >= 11 is 0. The van der Waals surface area contributed by atoms with Crippen LogP contribution in [-0.4, -0.2) is 30.7 Å². The van der Waals surface area contributed by atoms with Gasteiger partial charge in [-0.3, -0.25) is 9.59 Å². The highest BCUT2D eigenvalue weighted by Gasteiger charge is 2.09. The molecule has 0 saturated carbocycles. The van der Waals surface area contributed by atoms with Gasteiger partial charge in [-0.25, -0.2) is 0 Å². The predicted molar refractivity (Wildman–Crippen MR) is 180 cm³/mol. The van der Waals surface area contributed by atoms with Gasteiger partial charge in [0, 0.05) is 13.0 Å². The van der Waals surface area contributed by atoms with Gasteiger partial charge in [-0.15, -0.1) is 6.58 Å². The second-order valence-corrected chi connectivity index (χ2v) is 11.4. The number of phenols is 1. The fourth-order valence-corrected chi connectivity index (χ4v) is 3.96. The number of aromatic hydroxyl groups is 1. The fraction of sp³-hybridized carbons (Fsp3) is 0.514. The van der Waals surface area contributed by atoms with Crippen molar-refractivity contribution in [1.29, 1.82) is 0 Å². The van der Waals surface area contributed by atoms with E-state index in [-0.39, 0.29) is 37.2 Å². The summed E-state index contributed by atoms with van der Waals surface area (Å²) in [6.07, 6.45) is 17.6. The highest BCUT2D eigenvalue weighted by Crippen LogP contribution is 2.26. The molecule has 6 nitrogen and oxygen atoms in total. The van der Waals surface area contributed by atoms with Crippen LogP contribution < -0.4 is 10.1 Å². The SMILES string of the molecule is C=C(C)CC/C=C(/C)CCC=C(C)C.CC/C=C(\C)CC/C=C(\C)CCC(=O)OCC(=O)NCc1ccc(O)c(OC)c1. The molecule has 0 bridgehead atoms. The minimum atomic E-state index is -0.388. The lowest BCUT2D eigenvalue weighted by molar-refractivity contribution is -0.148. The van der Waals surface area contributed by atoms with Crippen LogP contribution in [0.1, 0.15) is 112 Å².